The van der Waals surface area contributed by atoms with Gasteiger partial charge in [0.2, 0.25) is 5.91 Å². The van der Waals surface area contributed by atoms with Crippen LogP contribution in [0.2, 0.25) is 0 Å². The lowest BCUT2D eigenvalue weighted by molar-refractivity contribution is -0.144. The van der Waals surface area contributed by atoms with Crippen LogP contribution in [0.25, 0.3) is 6.08 Å². The Bertz CT molecular complexity index is 999. The summed E-state index contributed by atoms with van der Waals surface area (Å²) in [5.41, 5.74) is 2.84. The van der Waals surface area contributed by atoms with Gasteiger partial charge < -0.3 is 14.8 Å². The summed E-state index contributed by atoms with van der Waals surface area (Å²) in [6.07, 6.45) is 3.48. The highest BCUT2D eigenvalue weighted by Crippen LogP contribution is 2.13. The third-order valence-corrected chi connectivity index (χ3v) is 4.64. The van der Waals surface area contributed by atoms with Gasteiger partial charge in [-0.2, -0.15) is 0 Å². The molecule has 3 rings (SSSR count). The number of amides is 1. The van der Waals surface area contributed by atoms with E-state index in [1.165, 1.54) is 13.2 Å². The Hall–Kier alpha value is -3.86. The van der Waals surface area contributed by atoms with Gasteiger partial charge in [-0.3, -0.25) is 4.79 Å². The van der Waals surface area contributed by atoms with E-state index in [4.69, 9.17) is 9.47 Å². The van der Waals surface area contributed by atoms with E-state index >= 15 is 0 Å². The molecule has 3 aromatic rings. The van der Waals surface area contributed by atoms with Crippen LogP contribution >= 0.6 is 0 Å². The molecular weight excluding hydrogens is 390 g/mol. The van der Waals surface area contributed by atoms with Crippen molar-refractivity contribution in [2.75, 3.05) is 7.11 Å². The van der Waals surface area contributed by atoms with Crippen molar-refractivity contribution < 1.29 is 19.1 Å². The zero-order chi connectivity index (χ0) is 21.9. The molecule has 0 saturated carbocycles. The quantitative estimate of drug-likeness (QED) is 0.421. The van der Waals surface area contributed by atoms with Gasteiger partial charge >= 0.3 is 5.97 Å². The van der Waals surface area contributed by atoms with E-state index < -0.39 is 12.0 Å². The second-order valence-corrected chi connectivity index (χ2v) is 6.95. The number of ether oxygens (including phenoxy) is 2. The zero-order valence-corrected chi connectivity index (χ0v) is 17.4. The van der Waals surface area contributed by atoms with E-state index in [9.17, 15) is 9.59 Å². The third-order valence-electron chi connectivity index (χ3n) is 4.64. The number of carbonyl (C=O) groups is 2. The first-order valence-electron chi connectivity index (χ1n) is 10.0. The van der Waals surface area contributed by atoms with Gasteiger partial charge in [0.05, 0.1) is 7.11 Å². The van der Waals surface area contributed by atoms with Gasteiger partial charge in [0, 0.05) is 12.5 Å². The van der Waals surface area contributed by atoms with Crippen LogP contribution in [0.3, 0.4) is 0 Å². The summed E-state index contributed by atoms with van der Waals surface area (Å²) >= 11 is 0. The number of hydrogen-bond acceptors (Lipinski definition) is 4. The van der Waals surface area contributed by atoms with Crippen LogP contribution in [0, 0.1) is 0 Å². The fourth-order valence-electron chi connectivity index (χ4n) is 2.99. The summed E-state index contributed by atoms with van der Waals surface area (Å²) in [6, 6.07) is 26.1. The normalized spacial score (nSPS) is 11.6. The minimum absolute atomic E-state index is 0.359. The van der Waals surface area contributed by atoms with Gasteiger partial charge in [-0.25, -0.2) is 4.79 Å². The number of esters is 1. The fraction of sp³-hybridized carbons (Fsp3) is 0.154. The number of methoxy groups -OCH3 is 1. The monoisotopic (exact) mass is 415 g/mol. The van der Waals surface area contributed by atoms with Crippen LogP contribution < -0.4 is 10.1 Å². The topological polar surface area (TPSA) is 64.6 Å². The number of rotatable bonds is 9. The van der Waals surface area contributed by atoms with E-state index in [2.05, 4.69) is 5.32 Å². The molecule has 0 bridgehead atoms. The molecule has 5 heteroatoms. The maximum Gasteiger partial charge on any atom is 0.328 e. The largest absolute Gasteiger partial charge is 0.489 e. The Kier molecular flexibility index (Phi) is 8.00. The predicted molar refractivity (Wildman–Crippen MR) is 120 cm³/mol. The average Bonchev–Trinajstić information content (AvgIpc) is 2.82. The second kappa shape index (κ2) is 11.4. The van der Waals surface area contributed by atoms with Crippen LogP contribution in [-0.2, 0) is 27.4 Å². The predicted octanol–water partition coefficient (Wildman–Crippen LogP) is 4.18. The molecule has 1 unspecified atom stereocenters. The first-order valence-corrected chi connectivity index (χ1v) is 10.0. The SMILES string of the molecule is COC(=O)C(Cc1ccccc1)NC(=O)/C=C/c1ccc(COc2ccccc2)cc1. The van der Waals surface area contributed by atoms with Crippen molar-refractivity contribution in [1.82, 2.24) is 5.32 Å². The highest BCUT2D eigenvalue weighted by atomic mass is 16.5. The van der Waals surface area contributed by atoms with Gasteiger partial charge in [-0.05, 0) is 34.9 Å². The van der Waals surface area contributed by atoms with Crippen LogP contribution in [0.1, 0.15) is 16.7 Å². The molecule has 0 aliphatic heterocycles. The summed E-state index contributed by atoms with van der Waals surface area (Å²) in [5, 5.41) is 2.72. The number of benzene rings is 3. The molecule has 0 aromatic heterocycles. The highest BCUT2D eigenvalue weighted by Gasteiger charge is 2.20. The van der Waals surface area contributed by atoms with Crippen molar-refractivity contribution >= 4 is 18.0 Å². The Balaban J connectivity index is 1.54. The Morgan fingerprint density at radius 1 is 0.871 bits per heavy atom. The summed E-state index contributed by atoms with van der Waals surface area (Å²) < 4.78 is 10.6. The van der Waals surface area contributed by atoms with Gasteiger partial charge in [-0.1, -0.05) is 72.8 Å². The van der Waals surface area contributed by atoms with E-state index in [-0.39, 0.29) is 5.91 Å². The van der Waals surface area contributed by atoms with Crippen molar-refractivity contribution in [3.8, 4) is 5.75 Å². The lowest BCUT2D eigenvalue weighted by Gasteiger charge is -2.15. The molecular formula is C26H25NO4. The molecule has 0 spiro atoms. The van der Waals surface area contributed by atoms with Crippen LogP contribution in [0.15, 0.2) is 91.0 Å². The fourth-order valence-corrected chi connectivity index (χ4v) is 2.99. The number of hydrogen-bond donors (Lipinski definition) is 1. The van der Waals surface area contributed by atoms with Gasteiger partial charge in [0.25, 0.3) is 0 Å². The smallest absolute Gasteiger partial charge is 0.328 e. The van der Waals surface area contributed by atoms with Crippen molar-refractivity contribution in [2.24, 2.45) is 0 Å². The molecule has 1 amide bonds. The van der Waals surface area contributed by atoms with E-state index in [0.29, 0.717) is 13.0 Å². The van der Waals surface area contributed by atoms with Crippen molar-refractivity contribution in [2.45, 2.75) is 19.1 Å². The maximum absolute atomic E-state index is 12.3. The van der Waals surface area contributed by atoms with Gasteiger partial charge in [-0.15, -0.1) is 0 Å². The molecule has 1 N–H and O–H groups in total. The standard InChI is InChI=1S/C26H25NO4/c1-30-26(29)24(18-21-8-4-2-5-9-21)27-25(28)17-16-20-12-14-22(15-13-20)19-31-23-10-6-3-7-11-23/h2-17,24H,18-19H2,1H3,(H,27,28)/b17-16+. The maximum atomic E-state index is 12.3. The van der Waals surface area contributed by atoms with Gasteiger partial charge in [0.1, 0.15) is 18.4 Å². The first kappa shape index (κ1) is 21.8. The Morgan fingerprint density at radius 3 is 2.16 bits per heavy atom. The first-order chi connectivity index (χ1) is 15.1. The number of para-hydroxylation sites is 1. The van der Waals surface area contributed by atoms with E-state index in [1.54, 1.807) is 6.08 Å². The molecule has 158 valence electrons. The molecule has 5 nitrogen and oxygen atoms in total. The molecule has 0 radical (unpaired) electrons. The second-order valence-electron chi connectivity index (χ2n) is 6.95. The molecule has 0 aliphatic rings. The highest BCUT2D eigenvalue weighted by molar-refractivity contribution is 5.94. The molecule has 3 aromatic carbocycles. The summed E-state index contributed by atoms with van der Waals surface area (Å²) in [5.74, 6) is -0.0185. The minimum Gasteiger partial charge on any atom is -0.489 e. The van der Waals surface area contributed by atoms with E-state index in [1.807, 2.05) is 84.9 Å². The molecule has 1 atom stereocenters. The van der Waals surface area contributed by atoms with Crippen molar-refractivity contribution in [3.63, 3.8) is 0 Å². The van der Waals surface area contributed by atoms with Crippen LogP contribution in [0.5, 0.6) is 5.75 Å². The molecule has 0 aliphatic carbocycles. The Labute approximate surface area is 182 Å². The average molecular weight is 415 g/mol. The summed E-state index contributed by atoms with van der Waals surface area (Å²) in [7, 11) is 1.31. The van der Waals surface area contributed by atoms with Gasteiger partial charge in [0.15, 0.2) is 0 Å². The van der Waals surface area contributed by atoms with Crippen LogP contribution in [-0.4, -0.2) is 25.0 Å². The van der Waals surface area contributed by atoms with Crippen molar-refractivity contribution in [3.05, 3.63) is 108 Å². The van der Waals surface area contributed by atoms with Crippen molar-refractivity contribution in [1.29, 1.82) is 0 Å². The number of nitrogens with one attached hydrogen (secondary N) is 1. The molecule has 0 heterocycles. The number of carbonyl (C=O) groups excluding carboxylic acids is 2. The molecule has 0 saturated heterocycles. The van der Waals surface area contributed by atoms with E-state index in [0.717, 1.165) is 22.4 Å². The zero-order valence-electron chi connectivity index (χ0n) is 17.4. The summed E-state index contributed by atoms with van der Waals surface area (Å²) in [6.45, 7) is 0.467. The summed E-state index contributed by atoms with van der Waals surface area (Å²) in [4.78, 5) is 24.4. The lowest BCUT2D eigenvalue weighted by atomic mass is 10.1. The minimum atomic E-state index is -0.748. The molecule has 31 heavy (non-hydrogen) atoms. The van der Waals surface area contributed by atoms with Crippen LogP contribution in [0.4, 0.5) is 0 Å². The Morgan fingerprint density at radius 2 is 1.52 bits per heavy atom. The third kappa shape index (κ3) is 7.16. The lowest BCUT2D eigenvalue weighted by Crippen LogP contribution is -2.42. The molecule has 0 fully saturated rings.